The average Bonchev–Trinajstić information content (AvgIpc) is 2.85. The van der Waals surface area contributed by atoms with Gasteiger partial charge in [0, 0.05) is 31.6 Å². The second-order valence-electron chi connectivity index (χ2n) is 5.78. The first kappa shape index (κ1) is 13.1. The Hall–Kier alpha value is -0.380. The van der Waals surface area contributed by atoms with Gasteiger partial charge in [0.05, 0.1) is 6.61 Å². The Bertz CT molecular complexity index is 290. The highest BCUT2D eigenvalue weighted by Crippen LogP contribution is 2.38. The fourth-order valence-electron chi connectivity index (χ4n) is 3.16. The quantitative estimate of drug-likeness (QED) is 0.708. The van der Waals surface area contributed by atoms with Crippen molar-refractivity contribution in [1.29, 1.82) is 0 Å². The fourth-order valence-corrected chi connectivity index (χ4v) is 3.16. The summed E-state index contributed by atoms with van der Waals surface area (Å²) in [5.41, 5.74) is 1.65. The third-order valence-electron chi connectivity index (χ3n) is 4.56. The van der Waals surface area contributed by atoms with Crippen LogP contribution >= 0.6 is 0 Å². The van der Waals surface area contributed by atoms with Crippen molar-refractivity contribution in [2.24, 2.45) is 11.3 Å². The molecule has 2 aliphatic heterocycles. The number of aliphatic hydroxyl groups excluding tert-OH is 1. The number of fused-ring (bicyclic) bond motifs is 1. The maximum atomic E-state index is 9.62. The van der Waals surface area contributed by atoms with Crippen molar-refractivity contribution in [3.8, 4) is 0 Å². The number of likely N-dealkylation sites (tertiary alicyclic amines) is 1. The molecule has 0 bridgehead atoms. The number of nitrogens with one attached hydrogen (secondary N) is 1. The number of allylic oxidation sites excluding steroid dienone is 1. The molecule has 0 amide bonds. The van der Waals surface area contributed by atoms with Crippen LogP contribution in [0.3, 0.4) is 0 Å². The molecule has 2 rings (SSSR count). The minimum Gasteiger partial charge on any atom is -0.396 e. The fraction of sp³-hybridized carbons (Fsp3) is 0.857. The Morgan fingerprint density at radius 3 is 3.06 bits per heavy atom. The SMILES string of the molecule is CCC(C)=CCCN1CC2CNCC2(CO)C1. The van der Waals surface area contributed by atoms with E-state index in [4.69, 9.17) is 0 Å². The monoisotopic (exact) mass is 238 g/mol. The summed E-state index contributed by atoms with van der Waals surface area (Å²) in [7, 11) is 0. The second-order valence-corrected chi connectivity index (χ2v) is 5.78. The van der Waals surface area contributed by atoms with Crippen molar-refractivity contribution < 1.29 is 5.11 Å². The molecule has 2 aliphatic rings. The first-order valence-corrected chi connectivity index (χ1v) is 6.90. The van der Waals surface area contributed by atoms with E-state index in [0.29, 0.717) is 12.5 Å². The van der Waals surface area contributed by atoms with Gasteiger partial charge in [0.2, 0.25) is 0 Å². The van der Waals surface area contributed by atoms with Gasteiger partial charge in [0.1, 0.15) is 0 Å². The normalized spacial score (nSPS) is 34.3. The smallest absolute Gasteiger partial charge is 0.0515 e. The van der Waals surface area contributed by atoms with Crippen LogP contribution in [0.4, 0.5) is 0 Å². The van der Waals surface area contributed by atoms with Crippen LogP contribution in [0.15, 0.2) is 11.6 Å². The van der Waals surface area contributed by atoms with Crippen LogP contribution in [0.2, 0.25) is 0 Å². The molecule has 2 heterocycles. The Kier molecular flexibility index (Phi) is 4.23. The van der Waals surface area contributed by atoms with Crippen molar-refractivity contribution in [1.82, 2.24) is 10.2 Å². The van der Waals surface area contributed by atoms with Gasteiger partial charge < -0.3 is 15.3 Å². The average molecular weight is 238 g/mol. The van der Waals surface area contributed by atoms with Gasteiger partial charge in [-0.1, -0.05) is 18.6 Å². The number of hydrogen-bond acceptors (Lipinski definition) is 3. The standard InChI is InChI=1S/C14H26N2O/c1-3-12(2)5-4-6-16-8-13-7-15-9-14(13,10-16)11-17/h5,13,15,17H,3-4,6-11H2,1-2H3. The van der Waals surface area contributed by atoms with Crippen LogP contribution in [-0.4, -0.2) is 49.3 Å². The number of aliphatic hydroxyl groups is 1. The molecule has 17 heavy (non-hydrogen) atoms. The first-order chi connectivity index (χ1) is 8.20. The van der Waals surface area contributed by atoms with Crippen molar-refractivity contribution in [3.05, 3.63) is 11.6 Å². The summed E-state index contributed by atoms with van der Waals surface area (Å²) in [6, 6.07) is 0. The highest BCUT2D eigenvalue weighted by molar-refractivity contribution is 5.03. The maximum absolute atomic E-state index is 9.62. The predicted molar refractivity (Wildman–Crippen MR) is 71.0 cm³/mol. The molecule has 3 heteroatoms. The summed E-state index contributed by atoms with van der Waals surface area (Å²) in [5, 5.41) is 13.0. The summed E-state index contributed by atoms with van der Waals surface area (Å²) < 4.78 is 0. The molecule has 98 valence electrons. The molecule has 0 spiro atoms. The molecule has 2 unspecified atom stereocenters. The molecule has 0 saturated carbocycles. The van der Waals surface area contributed by atoms with E-state index in [1.165, 1.54) is 5.57 Å². The van der Waals surface area contributed by atoms with Crippen LogP contribution in [0.1, 0.15) is 26.7 Å². The molecule has 2 N–H and O–H groups in total. The number of hydrogen-bond donors (Lipinski definition) is 2. The van der Waals surface area contributed by atoms with Crippen LogP contribution in [0.5, 0.6) is 0 Å². The Labute approximate surface area is 105 Å². The number of rotatable bonds is 5. The summed E-state index contributed by atoms with van der Waals surface area (Å²) in [6.07, 6.45) is 4.67. The number of nitrogens with zero attached hydrogens (tertiary/aromatic N) is 1. The Morgan fingerprint density at radius 1 is 1.59 bits per heavy atom. The van der Waals surface area contributed by atoms with Crippen molar-refractivity contribution in [2.75, 3.05) is 39.3 Å². The molecule has 0 aliphatic carbocycles. The largest absolute Gasteiger partial charge is 0.396 e. The van der Waals surface area contributed by atoms with E-state index in [1.54, 1.807) is 0 Å². The van der Waals surface area contributed by atoms with Crippen LogP contribution in [0, 0.1) is 11.3 Å². The minimum atomic E-state index is 0.156. The Morgan fingerprint density at radius 2 is 2.41 bits per heavy atom. The van der Waals surface area contributed by atoms with Gasteiger partial charge in [-0.15, -0.1) is 0 Å². The molecule has 0 aromatic carbocycles. The molecule has 2 atom stereocenters. The van der Waals surface area contributed by atoms with Gasteiger partial charge in [-0.2, -0.15) is 0 Å². The molecule has 0 radical (unpaired) electrons. The van der Waals surface area contributed by atoms with E-state index >= 15 is 0 Å². The summed E-state index contributed by atoms with van der Waals surface area (Å²) >= 11 is 0. The molecule has 2 fully saturated rings. The van der Waals surface area contributed by atoms with E-state index in [-0.39, 0.29) is 5.41 Å². The lowest BCUT2D eigenvalue weighted by molar-refractivity contribution is 0.125. The van der Waals surface area contributed by atoms with Crippen molar-refractivity contribution in [3.63, 3.8) is 0 Å². The molecule has 0 aromatic heterocycles. The predicted octanol–water partition coefficient (Wildman–Crippen LogP) is 1.25. The van der Waals surface area contributed by atoms with Gasteiger partial charge in [-0.25, -0.2) is 0 Å². The molecular formula is C14H26N2O. The molecule has 2 saturated heterocycles. The van der Waals surface area contributed by atoms with Gasteiger partial charge in [-0.05, 0) is 32.2 Å². The zero-order valence-corrected chi connectivity index (χ0v) is 11.2. The summed E-state index contributed by atoms with van der Waals surface area (Å²) in [4.78, 5) is 2.53. The topological polar surface area (TPSA) is 35.5 Å². The summed E-state index contributed by atoms with van der Waals surface area (Å²) in [6.45, 7) is 10.2. The zero-order valence-electron chi connectivity index (χ0n) is 11.2. The van der Waals surface area contributed by atoms with Gasteiger partial charge in [0.25, 0.3) is 0 Å². The third-order valence-corrected chi connectivity index (χ3v) is 4.56. The maximum Gasteiger partial charge on any atom is 0.0515 e. The highest BCUT2D eigenvalue weighted by atomic mass is 16.3. The molecule has 3 nitrogen and oxygen atoms in total. The summed E-state index contributed by atoms with van der Waals surface area (Å²) in [5.74, 6) is 0.656. The van der Waals surface area contributed by atoms with Crippen LogP contribution < -0.4 is 5.32 Å². The minimum absolute atomic E-state index is 0.156. The van der Waals surface area contributed by atoms with E-state index in [2.05, 4.69) is 30.1 Å². The lowest BCUT2D eigenvalue weighted by atomic mass is 9.82. The van der Waals surface area contributed by atoms with Gasteiger partial charge in [-0.3, -0.25) is 0 Å². The van der Waals surface area contributed by atoms with E-state index in [1.807, 2.05) is 0 Å². The zero-order chi connectivity index (χ0) is 12.3. The first-order valence-electron chi connectivity index (χ1n) is 6.90. The lowest BCUT2D eigenvalue weighted by Crippen LogP contribution is -2.36. The second kappa shape index (κ2) is 5.51. The highest BCUT2D eigenvalue weighted by Gasteiger charge is 2.48. The Balaban J connectivity index is 1.82. The van der Waals surface area contributed by atoms with E-state index < -0.39 is 0 Å². The van der Waals surface area contributed by atoms with Crippen molar-refractivity contribution in [2.45, 2.75) is 26.7 Å². The van der Waals surface area contributed by atoms with Gasteiger partial charge in [0.15, 0.2) is 0 Å². The third kappa shape index (κ3) is 2.72. The van der Waals surface area contributed by atoms with Crippen LogP contribution in [0.25, 0.3) is 0 Å². The molecule has 0 aromatic rings. The van der Waals surface area contributed by atoms with E-state index in [0.717, 1.165) is 45.6 Å². The molecular weight excluding hydrogens is 212 g/mol. The van der Waals surface area contributed by atoms with Gasteiger partial charge >= 0.3 is 0 Å². The van der Waals surface area contributed by atoms with Crippen molar-refractivity contribution >= 4 is 0 Å². The lowest BCUT2D eigenvalue weighted by Gasteiger charge is -2.25. The van der Waals surface area contributed by atoms with E-state index in [9.17, 15) is 5.11 Å². The van der Waals surface area contributed by atoms with Crippen LogP contribution in [-0.2, 0) is 0 Å².